The zero-order valence-electron chi connectivity index (χ0n) is 12.2. The second-order valence-corrected chi connectivity index (χ2v) is 6.32. The number of nitrogens with zero attached hydrogens (tertiary/aromatic N) is 1. The molecule has 0 aromatic heterocycles. The van der Waals surface area contributed by atoms with Crippen LogP contribution in [0.5, 0.6) is 0 Å². The Hall–Kier alpha value is -0.0800. The predicted molar refractivity (Wildman–Crippen MR) is 78.7 cm³/mol. The molecule has 2 aliphatic carbocycles. The number of likely N-dealkylation sites (N-methyl/N-ethyl adjacent to an activating group) is 1. The van der Waals surface area contributed by atoms with E-state index in [1.54, 1.807) is 0 Å². The van der Waals surface area contributed by atoms with Crippen molar-refractivity contribution in [2.24, 2.45) is 11.7 Å². The fourth-order valence-electron chi connectivity index (χ4n) is 4.29. The van der Waals surface area contributed by atoms with Crippen molar-refractivity contribution in [2.45, 2.75) is 83.2 Å². The Kier molecular flexibility index (Phi) is 5.97. The molecule has 2 rings (SSSR count). The highest BCUT2D eigenvalue weighted by Gasteiger charge is 2.31. The Morgan fingerprint density at radius 1 is 0.944 bits per heavy atom. The van der Waals surface area contributed by atoms with Crippen LogP contribution < -0.4 is 5.73 Å². The summed E-state index contributed by atoms with van der Waals surface area (Å²) in [5.74, 6) is 0.880. The van der Waals surface area contributed by atoms with Crippen molar-refractivity contribution in [3.8, 4) is 0 Å². The summed E-state index contributed by atoms with van der Waals surface area (Å²) in [7, 11) is 0. The van der Waals surface area contributed by atoms with E-state index < -0.39 is 0 Å². The smallest absolute Gasteiger partial charge is 0.0249 e. The maximum atomic E-state index is 6.15. The van der Waals surface area contributed by atoms with Gasteiger partial charge in [-0.15, -0.1) is 0 Å². The Bertz CT molecular complexity index is 193. The van der Waals surface area contributed by atoms with Gasteiger partial charge in [-0.25, -0.2) is 0 Å². The molecule has 2 saturated carbocycles. The molecular weight excluding hydrogens is 220 g/mol. The lowest BCUT2D eigenvalue weighted by Crippen LogP contribution is -2.51. The van der Waals surface area contributed by atoms with E-state index in [9.17, 15) is 0 Å². The van der Waals surface area contributed by atoms with E-state index in [0.717, 1.165) is 18.5 Å². The van der Waals surface area contributed by atoms with Gasteiger partial charge < -0.3 is 5.73 Å². The Labute approximate surface area is 113 Å². The van der Waals surface area contributed by atoms with Crippen LogP contribution in [0, 0.1) is 5.92 Å². The first kappa shape index (κ1) is 14.3. The summed E-state index contributed by atoms with van der Waals surface area (Å²) in [6, 6.07) is 1.50. The highest BCUT2D eigenvalue weighted by molar-refractivity contribution is 4.87. The zero-order valence-corrected chi connectivity index (χ0v) is 12.2. The van der Waals surface area contributed by atoms with Gasteiger partial charge in [0.05, 0.1) is 0 Å². The third-order valence-corrected chi connectivity index (χ3v) is 5.27. The van der Waals surface area contributed by atoms with Crippen LogP contribution in [0.4, 0.5) is 0 Å². The molecule has 0 radical (unpaired) electrons. The number of rotatable bonds is 5. The van der Waals surface area contributed by atoms with Gasteiger partial charge >= 0.3 is 0 Å². The van der Waals surface area contributed by atoms with Gasteiger partial charge in [0, 0.05) is 18.6 Å². The van der Waals surface area contributed by atoms with Crippen LogP contribution in [0.1, 0.15) is 71.1 Å². The molecule has 0 saturated heterocycles. The summed E-state index contributed by atoms with van der Waals surface area (Å²) in [6.45, 7) is 4.40. The zero-order chi connectivity index (χ0) is 12.8. The van der Waals surface area contributed by atoms with Crippen LogP contribution in [0.2, 0.25) is 0 Å². The van der Waals surface area contributed by atoms with Crippen LogP contribution >= 0.6 is 0 Å². The van der Waals surface area contributed by atoms with E-state index >= 15 is 0 Å². The monoisotopic (exact) mass is 252 g/mol. The summed E-state index contributed by atoms with van der Waals surface area (Å²) in [5, 5.41) is 0. The fraction of sp³-hybridized carbons (Fsp3) is 1.00. The first-order chi connectivity index (χ1) is 8.86. The number of hydrogen-bond acceptors (Lipinski definition) is 2. The average Bonchev–Trinajstić information content (AvgIpc) is 2.46. The highest BCUT2D eigenvalue weighted by atomic mass is 15.2. The van der Waals surface area contributed by atoms with E-state index in [-0.39, 0.29) is 0 Å². The van der Waals surface area contributed by atoms with E-state index in [1.807, 2.05) is 0 Å². The first-order valence-electron chi connectivity index (χ1n) is 8.32. The van der Waals surface area contributed by atoms with Gasteiger partial charge in [-0.1, -0.05) is 45.4 Å². The molecule has 2 N–H and O–H groups in total. The molecule has 2 aliphatic rings. The molecule has 0 aromatic rings. The lowest BCUT2D eigenvalue weighted by Gasteiger charge is -2.43. The second-order valence-electron chi connectivity index (χ2n) is 6.32. The lowest BCUT2D eigenvalue weighted by molar-refractivity contribution is 0.0656. The molecule has 0 bridgehead atoms. The van der Waals surface area contributed by atoms with Gasteiger partial charge in [-0.3, -0.25) is 4.90 Å². The second kappa shape index (κ2) is 7.49. The van der Waals surface area contributed by atoms with Crippen LogP contribution in [0.3, 0.4) is 0 Å². The summed E-state index contributed by atoms with van der Waals surface area (Å²) in [4.78, 5) is 2.77. The SMILES string of the molecule is CCN(C1CCCCC1)C(CN)C1CCCCC1. The minimum absolute atomic E-state index is 0.665. The standard InChI is InChI=1S/C16H32N2/c1-2-18(15-11-7-4-8-12-15)16(13-17)14-9-5-3-6-10-14/h14-16H,2-13,17H2,1H3. The van der Waals surface area contributed by atoms with Crippen molar-refractivity contribution in [1.82, 2.24) is 4.90 Å². The van der Waals surface area contributed by atoms with Crippen molar-refractivity contribution in [2.75, 3.05) is 13.1 Å². The summed E-state index contributed by atoms with van der Waals surface area (Å²) < 4.78 is 0. The van der Waals surface area contributed by atoms with Crippen molar-refractivity contribution < 1.29 is 0 Å². The van der Waals surface area contributed by atoms with Gasteiger partial charge in [0.2, 0.25) is 0 Å². The molecule has 0 heterocycles. The maximum Gasteiger partial charge on any atom is 0.0249 e. The molecule has 2 heteroatoms. The Balaban J connectivity index is 1.97. The minimum atomic E-state index is 0.665. The molecular formula is C16H32N2. The van der Waals surface area contributed by atoms with Crippen LogP contribution in [0.15, 0.2) is 0 Å². The van der Waals surface area contributed by atoms with Gasteiger partial charge in [0.25, 0.3) is 0 Å². The van der Waals surface area contributed by atoms with E-state index in [0.29, 0.717) is 6.04 Å². The van der Waals surface area contributed by atoms with Gasteiger partial charge in [0.15, 0.2) is 0 Å². The third-order valence-electron chi connectivity index (χ3n) is 5.27. The first-order valence-corrected chi connectivity index (χ1v) is 8.32. The molecule has 2 fully saturated rings. The van der Waals surface area contributed by atoms with E-state index in [2.05, 4.69) is 11.8 Å². The van der Waals surface area contributed by atoms with Crippen LogP contribution in [-0.2, 0) is 0 Å². The van der Waals surface area contributed by atoms with Crippen molar-refractivity contribution in [1.29, 1.82) is 0 Å². The van der Waals surface area contributed by atoms with E-state index in [4.69, 9.17) is 5.73 Å². The minimum Gasteiger partial charge on any atom is -0.329 e. The molecule has 0 aliphatic heterocycles. The molecule has 2 nitrogen and oxygen atoms in total. The van der Waals surface area contributed by atoms with Crippen molar-refractivity contribution in [3.05, 3.63) is 0 Å². The van der Waals surface area contributed by atoms with Gasteiger partial charge in [0.1, 0.15) is 0 Å². The molecule has 0 amide bonds. The number of nitrogens with two attached hydrogens (primary N) is 1. The Morgan fingerprint density at radius 2 is 1.50 bits per heavy atom. The molecule has 1 atom stereocenters. The summed E-state index contributed by atoms with van der Waals surface area (Å²) in [6.07, 6.45) is 14.3. The van der Waals surface area contributed by atoms with Crippen LogP contribution in [0.25, 0.3) is 0 Å². The fourth-order valence-corrected chi connectivity index (χ4v) is 4.29. The third kappa shape index (κ3) is 3.48. The van der Waals surface area contributed by atoms with Crippen molar-refractivity contribution >= 4 is 0 Å². The largest absolute Gasteiger partial charge is 0.329 e. The summed E-state index contributed by atoms with van der Waals surface area (Å²) in [5.41, 5.74) is 6.15. The molecule has 106 valence electrons. The quantitative estimate of drug-likeness (QED) is 0.811. The highest BCUT2D eigenvalue weighted by Crippen LogP contribution is 2.32. The van der Waals surface area contributed by atoms with Gasteiger partial charge in [-0.05, 0) is 38.1 Å². The van der Waals surface area contributed by atoms with E-state index in [1.165, 1.54) is 70.8 Å². The molecule has 0 aromatic carbocycles. The topological polar surface area (TPSA) is 29.3 Å². The molecule has 18 heavy (non-hydrogen) atoms. The molecule has 0 spiro atoms. The molecule has 1 unspecified atom stereocenters. The normalized spacial score (nSPS) is 25.5. The lowest BCUT2D eigenvalue weighted by atomic mass is 9.81. The number of hydrogen-bond donors (Lipinski definition) is 1. The van der Waals surface area contributed by atoms with Gasteiger partial charge in [-0.2, -0.15) is 0 Å². The predicted octanol–water partition coefficient (Wildman–Crippen LogP) is 3.55. The Morgan fingerprint density at radius 3 is 2.00 bits per heavy atom. The average molecular weight is 252 g/mol. The van der Waals surface area contributed by atoms with Crippen LogP contribution in [-0.4, -0.2) is 30.1 Å². The maximum absolute atomic E-state index is 6.15. The van der Waals surface area contributed by atoms with Crippen molar-refractivity contribution in [3.63, 3.8) is 0 Å². The summed E-state index contributed by atoms with van der Waals surface area (Å²) >= 11 is 0.